The predicted octanol–water partition coefficient (Wildman–Crippen LogP) is 6.02. The van der Waals surface area contributed by atoms with Crippen molar-refractivity contribution in [3.05, 3.63) is 53.7 Å². The van der Waals surface area contributed by atoms with Gasteiger partial charge in [0.2, 0.25) is 5.91 Å². The number of piperazine rings is 1. The van der Waals surface area contributed by atoms with E-state index in [0.717, 1.165) is 82.9 Å². The van der Waals surface area contributed by atoms with E-state index in [-0.39, 0.29) is 30.0 Å². The molecule has 4 rings (SSSR count). The minimum Gasteiger partial charge on any atom is -0.354 e. The van der Waals surface area contributed by atoms with Crippen molar-refractivity contribution in [3.8, 4) is 0 Å². The molecule has 1 aromatic carbocycles. The van der Waals surface area contributed by atoms with E-state index in [1.54, 1.807) is 12.1 Å². The Morgan fingerprint density at radius 2 is 1.78 bits per heavy atom. The molecule has 2 aliphatic heterocycles. The Balaban J connectivity index is 0.00000380. The largest absolute Gasteiger partial charge is 0.446 e. The van der Waals surface area contributed by atoms with Crippen LogP contribution in [0.15, 0.2) is 47.5 Å². The summed E-state index contributed by atoms with van der Waals surface area (Å²) in [6.07, 6.45) is 6.15. The zero-order chi connectivity index (χ0) is 25.5. The minimum absolute atomic E-state index is 0. The van der Waals surface area contributed by atoms with Crippen LogP contribution in [-0.2, 0) is 11.2 Å². The summed E-state index contributed by atoms with van der Waals surface area (Å²) < 4.78 is 37.6. The smallest absolute Gasteiger partial charge is 0.354 e. The van der Waals surface area contributed by atoms with Crippen molar-refractivity contribution in [2.75, 3.05) is 50.7 Å². The van der Waals surface area contributed by atoms with E-state index in [1.807, 2.05) is 18.0 Å². The highest BCUT2D eigenvalue weighted by molar-refractivity contribution is 8.00. The van der Waals surface area contributed by atoms with Gasteiger partial charge in [-0.2, -0.15) is 13.2 Å². The highest BCUT2D eigenvalue weighted by Crippen LogP contribution is 2.37. The predicted molar refractivity (Wildman–Crippen MR) is 145 cm³/mol. The lowest BCUT2D eigenvalue weighted by atomic mass is 9.91. The molecule has 1 aromatic heterocycles. The van der Waals surface area contributed by atoms with E-state index >= 15 is 0 Å². The van der Waals surface area contributed by atoms with Gasteiger partial charge in [-0.25, -0.2) is 4.98 Å². The summed E-state index contributed by atoms with van der Waals surface area (Å²) in [5, 5.41) is 0. The van der Waals surface area contributed by atoms with Gasteiger partial charge < -0.3 is 9.80 Å². The molecule has 0 bridgehead atoms. The number of aryl methyl sites for hydroxylation is 1. The van der Waals surface area contributed by atoms with Crippen molar-refractivity contribution in [2.24, 2.45) is 5.92 Å². The lowest BCUT2D eigenvalue weighted by Gasteiger charge is -2.36. The number of rotatable bonds is 8. The van der Waals surface area contributed by atoms with Gasteiger partial charge in [0.1, 0.15) is 5.82 Å². The van der Waals surface area contributed by atoms with Gasteiger partial charge in [-0.3, -0.25) is 9.69 Å². The van der Waals surface area contributed by atoms with Crippen LogP contribution in [0.5, 0.6) is 0 Å². The van der Waals surface area contributed by atoms with E-state index in [2.05, 4.69) is 26.9 Å². The number of likely N-dealkylation sites (tertiary alicyclic amines) is 1. The van der Waals surface area contributed by atoms with Gasteiger partial charge in [0.05, 0.1) is 0 Å². The highest BCUT2D eigenvalue weighted by atomic mass is 32.2. The molecule has 0 N–H and O–H groups in total. The van der Waals surface area contributed by atoms with Gasteiger partial charge >= 0.3 is 5.51 Å². The highest BCUT2D eigenvalue weighted by Gasteiger charge is 2.29. The molecule has 9 heteroatoms. The first kappa shape index (κ1) is 29.3. The maximum absolute atomic E-state index is 12.9. The molecular weight excluding hydrogens is 497 g/mol. The number of piperidine rings is 1. The Bertz CT molecular complexity index is 976. The molecule has 37 heavy (non-hydrogen) atoms. The lowest BCUT2D eigenvalue weighted by molar-refractivity contribution is -0.133. The van der Waals surface area contributed by atoms with E-state index in [0.29, 0.717) is 12.3 Å². The monoisotopic (exact) mass is 536 g/mol. The quantitative estimate of drug-likeness (QED) is 0.386. The Kier molecular flexibility index (Phi) is 10.7. The van der Waals surface area contributed by atoms with Gasteiger partial charge in [0.15, 0.2) is 0 Å². The number of pyridine rings is 1. The van der Waals surface area contributed by atoms with Crippen LogP contribution in [0, 0.1) is 12.8 Å². The summed E-state index contributed by atoms with van der Waals surface area (Å²) in [5.41, 5.74) is -2.07. The van der Waals surface area contributed by atoms with Crippen LogP contribution < -0.4 is 4.90 Å². The lowest BCUT2D eigenvalue weighted by Crippen LogP contribution is -2.47. The third kappa shape index (κ3) is 9.21. The van der Waals surface area contributed by atoms with E-state index in [4.69, 9.17) is 0 Å². The molecule has 204 valence electrons. The van der Waals surface area contributed by atoms with Crippen LogP contribution in [0.25, 0.3) is 0 Å². The number of benzene rings is 1. The van der Waals surface area contributed by atoms with Crippen LogP contribution >= 0.6 is 11.8 Å². The number of halogens is 3. The van der Waals surface area contributed by atoms with Crippen molar-refractivity contribution in [3.63, 3.8) is 0 Å². The summed E-state index contributed by atoms with van der Waals surface area (Å²) in [6, 6.07) is 10.8. The van der Waals surface area contributed by atoms with Gasteiger partial charge in [0.25, 0.3) is 0 Å². The van der Waals surface area contributed by atoms with Crippen LogP contribution in [0.2, 0.25) is 0 Å². The molecule has 2 fully saturated rings. The normalized spacial score (nSPS) is 19.0. The van der Waals surface area contributed by atoms with Crippen molar-refractivity contribution in [1.29, 1.82) is 0 Å². The van der Waals surface area contributed by atoms with Crippen molar-refractivity contribution in [1.82, 2.24) is 14.8 Å². The number of alkyl halides is 3. The van der Waals surface area contributed by atoms with Gasteiger partial charge in [-0.1, -0.05) is 25.6 Å². The SMILES string of the molecule is C.Cc1ccc(N2CCN(CCCC(=O)N3CCC[C@H](Cc4ccc(SC(F)(F)F)cc4)C3)CC2)nc1. The first-order valence-corrected chi connectivity index (χ1v) is 13.6. The first-order chi connectivity index (χ1) is 17.2. The molecule has 0 unspecified atom stereocenters. The Hall–Kier alpha value is -2.26. The number of hydrogen-bond donors (Lipinski definition) is 0. The second-order valence-electron chi connectivity index (χ2n) is 9.87. The molecule has 2 aliphatic rings. The number of aromatic nitrogens is 1. The fourth-order valence-corrected chi connectivity index (χ4v) is 5.62. The Morgan fingerprint density at radius 1 is 1.05 bits per heavy atom. The number of anilines is 1. The second-order valence-corrected chi connectivity index (χ2v) is 11.0. The third-order valence-electron chi connectivity index (χ3n) is 7.01. The molecule has 0 spiro atoms. The maximum Gasteiger partial charge on any atom is 0.446 e. The summed E-state index contributed by atoms with van der Waals surface area (Å²) in [7, 11) is 0. The number of carbonyl (C=O) groups excluding carboxylic acids is 1. The molecule has 1 atom stereocenters. The van der Waals surface area contributed by atoms with Crippen LogP contribution in [0.4, 0.5) is 19.0 Å². The van der Waals surface area contributed by atoms with E-state index in [1.165, 1.54) is 17.7 Å². The minimum atomic E-state index is -4.26. The molecule has 1 amide bonds. The van der Waals surface area contributed by atoms with Crippen LogP contribution in [0.1, 0.15) is 44.2 Å². The number of carbonyl (C=O) groups is 1. The van der Waals surface area contributed by atoms with E-state index < -0.39 is 5.51 Å². The molecule has 0 aliphatic carbocycles. The molecule has 2 aromatic rings. The zero-order valence-electron chi connectivity index (χ0n) is 20.8. The summed E-state index contributed by atoms with van der Waals surface area (Å²) in [4.78, 5) is 24.3. The zero-order valence-corrected chi connectivity index (χ0v) is 21.7. The average Bonchev–Trinajstić information content (AvgIpc) is 2.85. The molecule has 0 radical (unpaired) electrons. The van der Waals surface area contributed by atoms with Crippen molar-refractivity contribution in [2.45, 2.75) is 56.9 Å². The first-order valence-electron chi connectivity index (χ1n) is 12.8. The molecule has 3 heterocycles. The topological polar surface area (TPSA) is 39.7 Å². The average molecular weight is 537 g/mol. The third-order valence-corrected chi connectivity index (χ3v) is 7.75. The number of amides is 1. The number of thioether (sulfide) groups is 1. The molecule has 5 nitrogen and oxygen atoms in total. The van der Waals surface area contributed by atoms with E-state index in [9.17, 15) is 18.0 Å². The molecular formula is C28H39F3N4OS. The second kappa shape index (κ2) is 13.5. The maximum atomic E-state index is 12.9. The van der Waals surface area contributed by atoms with Crippen LogP contribution in [0.3, 0.4) is 0 Å². The van der Waals surface area contributed by atoms with Gasteiger partial charge in [-0.05, 0) is 86.2 Å². The summed E-state index contributed by atoms with van der Waals surface area (Å²) in [6.45, 7) is 8.38. The van der Waals surface area contributed by atoms with Gasteiger partial charge in [-0.15, -0.1) is 0 Å². The summed E-state index contributed by atoms with van der Waals surface area (Å²) in [5.74, 6) is 1.61. The standard InChI is InChI=1S/C27H35F3N4OS.CH4/c1-21-6-11-25(31-19-21)33-16-14-32(15-17-33)12-3-5-26(35)34-13-2-4-23(20-34)18-22-7-9-24(10-8-22)36-27(28,29)30;/h6-11,19,23H,2-5,12-18,20H2,1H3;1H4/t23-;/m1./s1. The fraction of sp³-hybridized carbons (Fsp3) is 0.571. The fourth-order valence-electron chi connectivity index (χ4n) is 5.08. The molecule has 0 saturated carbocycles. The Morgan fingerprint density at radius 3 is 2.43 bits per heavy atom. The number of nitrogens with zero attached hydrogens (tertiary/aromatic N) is 4. The van der Waals surface area contributed by atoms with Crippen molar-refractivity contribution >= 4 is 23.5 Å². The summed E-state index contributed by atoms with van der Waals surface area (Å²) >= 11 is -0.0845. The molecule has 2 saturated heterocycles. The van der Waals surface area contributed by atoms with Crippen molar-refractivity contribution < 1.29 is 18.0 Å². The number of hydrogen-bond acceptors (Lipinski definition) is 5. The Labute approximate surface area is 223 Å². The van der Waals surface area contributed by atoms with Gasteiger partial charge in [0, 0.05) is 56.8 Å². The van der Waals surface area contributed by atoms with Crippen LogP contribution in [-0.4, -0.2) is 72.0 Å².